The lowest BCUT2D eigenvalue weighted by atomic mass is 13.1. The molecule has 17 heavy (non-hydrogen) atoms. The van der Waals surface area contributed by atoms with E-state index in [1.54, 1.807) is 0 Å². The van der Waals surface area contributed by atoms with Gasteiger partial charge in [-0.25, -0.2) is 0 Å². The molecule has 0 aromatic carbocycles. The molecule has 0 radical (unpaired) electrons. The summed E-state index contributed by atoms with van der Waals surface area (Å²) in [7, 11) is -19.1. The van der Waals surface area contributed by atoms with Gasteiger partial charge < -0.3 is 0 Å². The average molecular weight is 316 g/mol. The molecular formula is N2O12S3. The van der Waals surface area contributed by atoms with Crippen LogP contribution in [0.25, 0.3) is 0 Å². The first-order chi connectivity index (χ1) is 7.33. The van der Waals surface area contributed by atoms with E-state index < -0.39 is 36.4 Å². The van der Waals surface area contributed by atoms with Crippen LogP contribution < -0.4 is 0 Å². The molecule has 0 spiro atoms. The molecule has 0 aromatic rings. The van der Waals surface area contributed by atoms with Crippen LogP contribution in [0.15, 0.2) is 0 Å². The number of hydrogen-bond acceptors (Lipinski definition) is 12. The van der Waals surface area contributed by atoms with E-state index in [0.717, 1.165) is 0 Å². The fourth-order valence-electron chi connectivity index (χ4n) is 0.326. The minimum Gasteiger partial charge on any atom is -0.192 e. The van der Waals surface area contributed by atoms with E-state index in [-0.39, 0.29) is 0 Å². The van der Waals surface area contributed by atoms with Crippen molar-refractivity contribution in [3.8, 4) is 0 Å². The molecule has 0 aliphatic heterocycles. The molecule has 0 aliphatic carbocycles. The predicted octanol–water partition coefficient (Wildman–Crippen LogP) is -2.69. The second-order valence-electron chi connectivity index (χ2n) is 1.82. The highest BCUT2D eigenvalue weighted by Crippen LogP contribution is 2.16. The van der Waals surface area contributed by atoms with Crippen LogP contribution in [0.4, 0.5) is 0 Å². The molecule has 100 valence electrons. The molecule has 0 amide bonds. The molecule has 0 N–H and O–H groups in total. The Morgan fingerprint density at radius 1 is 0.706 bits per heavy atom. The van der Waals surface area contributed by atoms with Gasteiger partial charge in [0, 0.05) is 0 Å². The van der Waals surface area contributed by atoms with Crippen LogP contribution in [-0.2, 0) is 34.8 Å². The number of hydrogen-bond donors (Lipinski definition) is 0. The number of nitrogens with zero attached hydrogens (tertiary/aromatic N) is 2. The molecule has 0 heterocycles. The molecule has 14 nitrogen and oxygen atoms in total. The zero-order valence-corrected chi connectivity index (χ0v) is 9.47. The van der Waals surface area contributed by atoms with Crippen molar-refractivity contribution in [1.29, 1.82) is 0 Å². The summed E-state index contributed by atoms with van der Waals surface area (Å²) < 4.78 is 68.8. The van der Waals surface area contributed by atoms with Crippen molar-refractivity contribution in [2.75, 3.05) is 0 Å². The summed E-state index contributed by atoms with van der Waals surface area (Å²) >= 11 is 0. The molecule has 0 unspecified atom stereocenters. The first-order valence-electron chi connectivity index (χ1n) is 2.76. The van der Waals surface area contributed by atoms with Gasteiger partial charge in [-0.1, -0.05) is 0 Å². The molecule has 0 fully saturated rings. The topological polar surface area (TPSA) is 207 Å². The van der Waals surface area contributed by atoms with Crippen LogP contribution in [0.3, 0.4) is 0 Å². The van der Waals surface area contributed by atoms with Crippen LogP contribution in [0, 0.1) is 20.2 Å². The Morgan fingerprint density at radius 3 is 1.12 bits per heavy atom. The van der Waals surface area contributed by atoms with Crippen molar-refractivity contribution in [3.05, 3.63) is 20.2 Å². The molecule has 0 rings (SSSR count). The van der Waals surface area contributed by atoms with Crippen molar-refractivity contribution >= 4 is 26.2 Å². The van der Waals surface area contributed by atoms with E-state index in [1.807, 2.05) is 0 Å². The summed E-state index contributed by atoms with van der Waals surface area (Å²) in [6.07, 6.45) is 0. The van der Waals surface area contributed by atoms with E-state index >= 15 is 0 Å². The minimum atomic E-state index is -6.51. The zero-order valence-electron chi connectivity index (χ0n) is 7.02. The highest BCUT2D eigenvalue weighted by atomic mass is 33.6. The fourth-order valence-corrected chi connectivity index (χ4v) is 4.62. The smallest absolute Gasteiger partial charge is 0.192 e. The quantitative estimate of drug-likeness (QED) is 0.278. The Hall–Kier alpha value is -1.75. The van der Waals surface area contributed by atoms with E-state index in [9.17, 15) is 45.5 Å². The zero-order chi connectivity index (χ0) is 14.1. The molecule has 0 atom stereocenters. The normalized spacial score (nSPS) is 12.7. The van der Waals surface area contributed by atoms with E-state index in [2.05, 4.69) is 8.57 Å². The maximum absolute atomic E-state index is 10.7. The highest BCUT2D eigenvalue weighted by molar-refractivity contribution is 8.97. The van der Waals surface area contributed by atoms with Gasteiger partial charge in [0.1, 0.15) is 0 Å². The van der Waals surface area contributed by atoms with Crippen molar-refractivity contribution in [2.24, 2.45) is 0 Å². The predicted molar refractivity (Wildman–Crippen MR) is 42.9 cm³/mol. The van der Waals surface area contributed by atoms with E-state index in [0.29, 0.717) is 0 Å². The molecule has 0 aliphatic rings. The van der Waals surface area contributed by atoms with Gasteiger partial charge in [-0.15, -0.1) is 20.2 Å². The third kappa shape index (κ3) is 3.10. The number of rotatable bonds is 6. The third-order valence-corrected chi connectivity index (χ3v) is 8.78. The lowest BCUT2D eigenvalue weighted by molar-refractivity contribution is -0.711. The molecule has 0 bridgehead atoms. The summed E-state index contributed by atoms with van der Waals surface area (Å²) in [6.45, 7) is 0. The van der Waals surface area contributed by atoms with E-state index in [1.165, 1.54) is 0 Å². The Kier molecular flexibility index (Phi) is 3.82. The van der Waals surface area contributed by atoms with Crippen LogP contribution in [0.2, 0.25) is 0 Å². The third-order valence-electron chi connectivity index (χ3n) is 0.804. The van der Waals surface area contributed by atoms with Gasteiger partial charge in [0.25, 0.3) is 0 Å². The summed E-state index contributed by atoms with van der Waals surface area (Å²) in [5.41, 5.74) is 0. The summed E-state index contributed by atoms with van der Waals surface area (Å²) in [5, 5.41) is 14.9. The fraction of sp³-hybridized carbons (Fsp3) is 0. The molecule has 0 saturated heterocycles. The maximum Gasteiger partial charge on any atom is 0.425 e. The van der Waals surface area contributed by atoms with Gasteiger partial charge in [-0.2, -0.15) is 33.8 Å². The maximum atomic E-state index is 10.7. The largest absolute Gasteiger partial charge is 0.425 e. The Morgan fingerprint density at radius 2 is 0.941 bits per heavy atom. The lowest BCUT2D eigenvalue weighted by Crippen LogP contribution is -2.30. The highest BCUT2D eigenvalue weighted by Gasteiger charge is 2.48. The van der Waals surface area contributed by atoms with Gasteiger partial charge in [-0.3, -0.25) is 0 Å². The van der Waals surface area contributed by atoms with Crippen LogP contribution in [0.1, 0.15) is 0 Å². The van der Waals surface area contributed by atoms with Gasteiger partial charge in [-0.05, 0) is 0 Å². The average Bonchev–Trinajstić information content (AvgIpc) is 1.97. The van der Waals surface area contributed by atoms with Crippen molar-refractivity contribution in [2.45, 2.75) is 0 Å². The standard InChI is InChI=1S/N2O12S3/c3-1(4)13-15(7,8)17(11,12)16(9,10)14-2(5)6. The molecule has 17 heteroatoms. The summed E-state index contributed by atoms with van der Waals surface area (Å²) in [4.78, 5) is 19.2. The second kappa shape index (κ2) is 4.25. The van der Waals surface area contributed by atoms with Gasteiger partial charge >= 0.3 is 36.4 Å². The molecule has 0 saturated carbocycles. The molecule has 0 aromatic heterocycles. The summed E-state index contributed by atoms with van der Waals surface area (Å²) in [6, 6.07) is 0. The second-order valence-corrected chi connectivity index (χ2v) is 10.3. The first-order valence-corrected chi connectivity index (χ1v) is 8.10. The van der Waals surface area contributed by atoms with Crippen LogP contribution in [0.5, 0.6) is 0 Å². The van der Waals surface area contributed by atoms with Gasteiger partial charge in [0.05, 0.1) is 0 Å². The summed E-state index contributed by atoms with van der Waals surface area (Å²) in [5.74, 6) is 0. The monoisotopic (exact) mass is 316 g/mol. The Labute approximate surface area is 90.9 Å². The van der Waals surface area contributed by atoms with Crippen molar-refractivity contribution in [3.63, 3.8) is 0 Å². The Bertz CT molecular complexity index is 576. The lowest BCUT2D eigenvalue weighted by Gasteiger charge is -2.02. The first kappa shape index (κ1) is 15.2. The Balaban J connectivity index is 5.76. The van der Waals surface area contributed by atoms with E-state index in [4.69, 9.17) is 0 Å². The van der Waals surface area contributed by atoms with Gasteiger partial charge in [0.2, 0.25) is 0 Å². The molecular weight excluding hydrogens is 316 g/mol. The van der Waals surface area contributed by atoms with Crippen LogP contribution in [-0.4, -0.2) is 35.4 Å². The van der Waals surface area contributed by atoms with Crippen LogP contribution >= 0.6 is 0 Å². The van der Waals surface area contributed by atoms with Crippen molar-refractivity contribution < 1.29 is 44.0 Å². The SMILES string of the molecule is O=[N+]([O-])OS(=O)(=O)S(=O)(=O)S(=O)(=O)O[N+](=O)[O-]. The minimum absolute atomic E-state index is 2.14. The van der Waals surface area contributed by atoms with Gasteiger partial charge in [0.15, 0.2) is 0 Å². The van der Waals surface area contributed by atoms with Crippen molar-refractivity contribution in [1.82, 2.24) is 0 Å².